The average Bonchev–Trinajstić information content (AvgIpc) is 2.33. The highest BCUT2D eigenvalue weighted by molar-refractivity contribution is 5.15. The monoisotopic (exact) mass is 246 g/mol. The number of benzene rings is 1. The van der Waals surface area contributed by atoms with Gasteiger partial charge in [0.15, 0.2) is 0 Å². The molecule has 0 aromatic heterocycles. The predicted octanol–water partition coefficient (Wildman–Crippen LogP) is 2.68. The van der Waals surface area contributed by atoms with Crippen LogP contribution in [0.2, 0.25) is 0 Å². The van der Waals surface area contributed by atoms with Gasteiger partial charge in [-0.3, -0.25) is 0 Å². The van der Waals surface area contributed by atoms with Crippen molar-refractivity contribution >= 4 is 0 Å². The molecule has 2 N–H and O–H groups in total. The van der Waals surface area contributed by atoms with Crippen molar-refractivity contribution in [1.82, 2.24) is 4.90 Å². The van der Waals surface area contributed by atoms with E-state index in [1.165, 1.54) is 31.4 Å². The molecule has 2 rings (SSSR count). The third-order valence-corrected chi connectivity index (χ3v) is 4.02. The van der Waals surface area contributed by atoms with Crippen LogP contribution in [0.1, 0.15) is 31.7 Å². The maximum atomic E-state index is 6.28. The van der Waals surface area contributed by atoms with Gasteiger partial charge in [-0.25, -0.2) is 0 Å². The van der Waals surface area contributed by atoms with Gasteiger partial charge < -0.3 is 10.6 Å². The van der Waals surface area contributed by atoms with Crippen molar-refractivity contribution in [2.75, 3.05) is 19.6 Å². The molecule has 0 amide bonds. The van der Waals surface area contributed by atoms with Crippen LogP contribution >= 0.6 is 0 Å². The molecule has 1 aliphatic carbocycles. The highest BCUT2D eigenvalue weighted by atomic mass is 15.1. The lowest BCUT2D eigenvalue weighted by Gasteiger charge is -2.33. The lowest BCUT2D eigenvalue weighted by atomic mass is 9.85. The van der Waals surface area contributed by atoms with E-state index in [2.05, 4.69) is 42.2 Å². The average molecular weight is 246 g/mol. The maximum absolute atomic E-state index is 6.28. The van der Waals surface area contributed by atoms with E-state index in [1.807, 2.05) is 0 Å². The Labute approximate surface area is 111 Å². The molecule has 1 unspecified atom stereocenters. The highest BCUT2D eigenvalue weighted by Crippen LogP contribution is 2.27. The summed E-state index contributed by atoms with van der Waals surface area (Å²) in [5.74, 6) is 0.939. The van der Waals surface area contributed by atoms with Crippen LogP contribution in [0.4, 0.5) is 0 Å². The number of nitrogens with two attached hydrogens (primary N) is 1. The van der Waals surface area contributed by atoms with Crippen molar-refractivity contribution in [3.8, 4) is 0 Å². The third-order valence-electron chi connectivity index (χ3n) is 4.02. The lowest BCUT2D eigenvalue weighted by Crippen LogP contribution is -2.42. The van der Waals surface area contributed by atoms with E-state index in [4.69, 9.17) is 5.73 Å². The molecule has 0 bridgehead atoms. The van der Waals surface area contributed by atoms with Gasteiger partial charge >= 0.3 is 0 Å². The maximum Gasteiger partial charge on any atom is 0.0208 e. The van der Waals surface area contributed by atoms with Gasteiger partial charge in [0.25, 0.3) is 0 Å². The molecular weight excluding hydrogens is 220 g/mol. The molecule has 2 heteroatoms. The topological polar surface area (TPSA) is 29.3 Å². The number of nitrogens with zero attached hydrogens (tertiary/aromatic N) is 1. The Morgan fingerprint density at radius 3 is 2.56 bits per heavy atom. The van der Waals surface area contributed by atoms with E-state index in [-0.39, 0.29) is 6.04 Å². The fourth-order valence-electron chi connectivity index (χ4n) is 2.69. The summed E-state index contributed by atoms with van der Waals surface area (Å²) in [6.45, 7) is 5.65. The smallest absolute Gasteiger partial charge is 0.0208 e. The van der Waals surface area contributed by atoms with Crippen LogP contribution in [0.15, 0.2) is 30.3 Å². The van der Waals surface area contributed by atoms with E-state index >= 15 is 0 Å². The molecule has 0 aliphatic heterocycles. The Kier molecular flexibility index (Phi) is 5.21. The summed E-state index contributed by atoms with van der Waals surface area (Å²) < 4.78 is 0. The Morgan fingerprint density at radius 1 is 1.28 bits per heavy atom. The van der Waals surface area contributed by atoms with E-state index in [0.29, 0.717) is 0 Å². The molecule has 1 fully saturated rings. The van der Waals surface area contributed by atoms with E-state index in [9.17, 15) is 0 Å². The minimum Gasteiger partial charge on any atom is -0.326 e. The second kappa shape index (κ2) is 6.91. The first-order valence-corrected chi connectivity index (χ1v) is 7.29. The van der Waals surface area contributed by atoms with Gasteiger partial charge in [0.1, 0.15) is 0 Å². The second-order valence-electron chi connectivity index (χ2n) is 5.60. The van der Waals surface area contributed by atoms with Crippen LogP contribution in [-0.4, -0.2) is 30.6 Å². The highest BCUT2D eigenvalue weighted by Gasteiger charge is 2.20. The van der Waals surface area contributed by atoms with Gasteiger partial charge in [-0.05, 0) is 37.3 Å². The summed E-state index contributed by atoms with van der Waals surface area (Å²) in [7, 11) is 0. The number of hydrogen-bond donors (Lipinski definition) is 1. The van der Waals surface area contributed by atoms with Crippen molar-refractivity contribution in [3.05, 3.63) is 35.9 Å². The van der Waals surface area contributed by atoms with E-state index < -0.39 is 0 Å². The van der Waals surface area contributed by atoms with Crippen LogP contribution in [0, 0.1) is 5.92 Å². The van der Waals surface area contributed by atoms with Gasteiger partial charge in [0.05, 0.1) is 0 Å². The summed E-state index contributed by atoms with van der Waals surface area (Å²) in [5, 5.41) is 0. The Morgan fingerprint density at radius 2 is 2.00 bits per heavy atom. The summed E-state index contributed by atoms with van der Waals surface area (Å²) >= 11 is 0. The minimum absolute atomic E-state index is 0.257. The quantitative estimate of drug-likeness (QED) is 0.801. The summed E-state index contributed by atoms with van der Waals surface area (Å²) in [5.41, 5.74) is 7.63. The zero-order valence-corrected chi connectivity index (χ0v) is 11.5. The van der Waals surface area contributed by atoms with Crippen LogP contribution in [-0.2, 0) is 6.42 Å². The molecule has 18 heavy (non-hydrogen) atoms. The molecule has 0 saturated heterocycles. The van der Waals surface area contributed by atoms with Gasteiger partial charge in [-0.15, -0.1) is 0 Å². The van der Waals surface area contributed by atoms with Crippen molar-refractivity contribution < 1.29 is 0 Å². The molecular formula is C16H26N2. The van der Waals surface area contributed by atoms with Crippen molar-refractivity contribution in [2.24, 2.45) is 11.7 Å². The summed E-state index contributed by atoms with van der Waals surface area (Å²) in [6.07, 6.45) is 5.26. The molecule has 1 saturated carbocycles. The first-order valence-electron chi connectivity index (χ1n) is 7.29. The fraction of sp³-hybridized carbons (Fsp3) is 0.625. The van der Waals surface area contributed by atoms with Gasteiger partial charge in [0.2, 0.25) is 0 Å². The van der Waals surface area contributed by atoms with E-state index in [0.717, 1.165) is 25.4 Å². The number of likely N-dealkylation sites (N-methyl/N-ethyl adjacent to an activating group) is 1. The molecule has 1 aliphatic rings. The Hall–Kier alpha value is -0.860. The third kappa shape index (κ3) is 4.11. The standard InChI is InChI=1S/C16H26N2/c1-2-18(12-15-9-6-10-15)13-16(17)11-14-7-4-3-5-8-14/h3-5,7-8,15-16H,2,6,9-13,17H2,1H3. The number of hydrogen-bond acceptors (Lipinski definition) is 2. The van der Waals surface area contributed by atoms with Crippen LogP contribution in [0.3, 0.4) is 0 Å². The molecule has 2 nitrogen and oxygen atoms in total. The van der Waals surface area contributed by atoms with Crippen LogP contribution < -0.4 is 5.73 Å². The van der Waals surface area contributed by atoms with Gasteiger partial charge in [0, 0.05) is 19.1 Å². The number of rotatable bonds is 7. The second-order valence-corrected chi connectivity index (χ2v) is 5.60. The van der Waals surface area contributed by atoms with E-state index in [1.54, 1.807) is 0 Å². The zero-order chi connectivity index (χ0) is 12.8. The largest absolute Gasteiger partial charge is 0.326 e. The predicted molar refractivity (Wildman–Crippen MR) is 77.6 cm³/mol. The van der Waals surface area contributed by atoms with Gasteiger partial charge in [-0.1, -0.05) is 43.7 Å². The summed E-state index contributed by atoms with van der Waals surface area (Å²) in [6, 6.07) is 10.8. The van der Waals surface area contributed by atoms with Crippen molar-refractivity contribution in [3.63, 3.8) is 0 Å². The molecule has 0 spiro atoms. The lowest BCUT2D eigenvalue weighted by molar-refractivity contribution is 0.176. The SMILES string of the molecule is CCN(CC(N)Cc1ccccc1)CC1CCC1. The molecule has 1 aromatic carbocycles. The zero-order valence-electron chi connectivity index (χ0n) is 11.5. The first kappa shape index (κ1) is 13.6. The van der Waals surface area contributed by atoms with Crippen molar-refractivity contribution in [1.29, 1.82) is 0 Å². The minimum atomic E-state index is 0.257. The van der Waals surface area contributed by atoms with Gasteiger partial charge in [-0.2, -0.15) is 0 Å². The fourth-order valence-corrected chi connectivity index (χ4v) is 2.69. The first-order chi connectivity index (χ1) is 8.78. The summed E-state index contributed by atoms with van der Waals surface area (Å²) in [4.78, 5) is 2.53. The van der Waals surface area contributed by atoms with Crippen LogP contribution in [0.25, 0.3) is 0 Å². The molecule has 100 valence electrons. The Bertz CT molecular complexity index is 332. The molecule has 0 heterocycles. The van der Waals surface area contributed by atoms with Crippen LogP contribution in [0.5, 0.6) is 0 Å². The molecule has 1 atom stereocenters. The Balaban J connectivity index is 1.75. The molecule has 1 aromatic rings. The van der Waals surface area contributed by atoms with Crippen molar-refractivity contribution in [2.45, 2.75) is 38.6 Å². The molecule has 0 radical (unpaired) electrons. The normalized spacial score (nSPS) is 17.7.